The Bertz CT molecular complexity index is 999. The van der Waals surface area contributed by atoms with E-state index in [9.17, 15) is 18.0 Å². The van der Waals surface area contributed by atoms with Gasteiger partial charge in [-0.05, 0) is 30.7 Å². The average molecular weight is 389 g/mol. The molecule has 0 aliphatic rings. The lowest BCUT2D eigenvalue weighted by molar-refractivity contribution is -0.137. The number of hydrogen-bond acceptors (Lipinski definition) is 6. The highest BCUT2D eigenvalue weighted by Gasteiger charge is 2.31. The molecule has 2 N–H and O–H groups in total. The van der Waals surface area contributed by atoms with Crippen LogP contribution in [0.15, 0.2) is 49.2 Å². The Morgan fingerprint density at radius 2 is 2.00 bits per heavy atom. The largest absolute Gasteiger partial charge is 0.416 e. The molecule has 28 heavy (non-hydrogen) atoms. The maximum atomic E-state index is 13.0. The molecule has 1 aromatic carbocycles. The Kier molecular flexibility index (Phi) is 5.34. The summed E-state index contributed by atoms with van der Waals surface area (Å²) in [7, 11) is 0. The third kappa shape index (κ3) is 4.90. The lowest BCUT2D eigenvalue weighted by Gasteiger charge is -2.09. The maximum absolute atomic E-state index is 13.0. The Balaban J connectivity index is 1.68. The van der Waals surface area contributed by atoms with Crippen LogP contribution in [0.2, 0.25) is 0 Å². The molecule has 1 amide bonds. The topological polar surface area (TPSA) is 97.6 Å². The van der Waals surface area contributed by atoms with Gasteiger partial charge in [-0.1, -0.05) is 0 Å². The highest BCUT2D eigenvalue weighted by atomic mass is 19.4. The van der Waals surface area contributed by atoms with Gasteiger partial charge in [-0.25, -0.2) is 14.6 Å². The summed E-state index contributed by atoms with van der Waals surface area (Å²) in [6.07, 6.45) is 3.66. The van der Waals surface area contributed by atoms with Crippen molar-refractivity contribution in [2.24, 2.45) is 0 Å². The van der Waals surface area contributed by atoms with E-state index in [1.54, 1.807) is 13.0 Å². The number of rotatable bonds is 5. The maximum Gasteiger partial charge on any atom is 0.416 e. The van der Waals surface area contributed by atoms with Gasteiger partial charge in [0.15, 0.2) is 11.6 Å². The molecular formula is C17H14F3N7O. The first-order chi connectivity index (χ1) is 13.3. The number of benzene rings is 1. The van der Waals surface area contributed by atoms with E-state index in [2.05, 4.69) is 30.9 Å². The highest BCUT2D eigenvalue weighted by Crippen LogP contribution is 2.32. The minimum Gasteiger partial charge on any atom is -0.280 e. The molecular weight excluding hydrogens is 375 g/mol. The third-order valence-corrected chi connectivity index (χ3v) is 3.43. The van der Waals surface area contributed by atoms with Gasteiger partial charge in [0.25, 0.3) is 5.91 Å². The molecule has 144 valence electrons. The van der Waals surface area contributed by atoms with Gasteiger partial charge in [0.2, 0.25) is 0 Å². The molecule has 0 unspecified atom stereocenters. The molecule has 0 atom stereocenters. The molecule has 0 bridgehead atoms. The molecule has 3 rings (SSSR count). The fourth-order valence-corrected chi connectivity index (χ4v) is 2.23. The molecule has 0 radical (unpaired) electrons. The smallest absolute Gasteiger partial charge is 0.280 e. The predicted octanol–water partition coefficient (Wildman–Crippen LogP) is 2.68. The van der Waals surface area contributed by atoms with Crippen LogP contribution in [0.5, 0.6) is 0 Å². The SMILES string of the molecule is Cc1cc(-c2ncn(/C=C\C(=O)NNc3cnccn3)n2)cc(C(F)(F)F)c1. The zero-order chi connectivity index (χ0) is 20.1. The molecule has 3 aromatic rings. The monoisotopic (exact) mass is 389 g/mol. The van der Waals surface area contributed by atoms with E-state index in [1.807, 2.05) is 0 Å². The number of hydrogen-bond donors (Lipinski definition) is 2. The number of hydrazine groups is 1. The van der Waals surface area contributed by atoms with Gasteiger partial charge < -0.3 is 0 Å². The Morgan fingerprint density at radius 1 is 1.18 bits per heavy atom. The highest BCUT2D eigenvalue weighted by molar-refractivity contribution is 5.90. The van der Waals surface area contributed by atoms with E-state index in [0.29, 0.717) is 11.4 Å². The fourth-order valence-electron chi connectivity index (χ4n) is 2.23. The number of alkyl halides is 3. The van der Waals surface area contributed by atoms with Crippen molar-refractivity contribution in [2.45, 2.75) is 13.1 Å². The van der Waals surface area contributed by atoms with Crippen LogP contribution < -0.4 is 10.9 Å². The van der Waals surface area contributed by atoms with Crippen molar-refractivity contribution in [1.29, 1.82) is 0 Å². The molecule has 0 fully saturated rings. The van der Waals surface area contributed by atoms with Crippen LogP contribution in [0.4, 0.5) is 19.0 Å². The van der Waals surface area contributed by atoms with E-state index in [4.69, 9.17) is 0 Å². The first kappa shape index (κ1) is 19.0. The number of carbonyl (C=O) groups is 1. The first-order valence-corrected chi connectivity index (χ1v) is 7.92. The number of nitrogens with zero attached hydrogens (tertiary/aromatic N) is 5. The summed E-state index contributed by atoms with van der Waals surface area (Å²) in [5, 5.41) is 4.06. The summed E-state index contributed by atoms with van der Waals surface area (Å²) in [6, 6.07) is 3.58. The summed E-state index contributed by atoms with van der Waals surface area (Å²) in [5.41, 5.74) is 4.83. The van der Waals surface area contributed by atoms with E-state index in [0.717, 1.165) is 12.1 Å². The van der Waals surface area contributed by atoms with Gasteiger partial charge >= 0.3 is 6.18 Å². The molecule has 0 saturated carbocycles. The van der Waals surface area contributed by atoms with Crippen LogP contribution in [0.3, 0.4) is 0 Å². The van der Waals surface area contributed by atoms with Crippen molar-refractivity contribution in [2.75, 3.05) is 5.43 Å². The van der Waals surface area contributed by atoms with Crippen molar-refractivity contribution >= 4 is 17.9 Å². The molecule has 0 saturated heterocycles. The Hall–Kier alpha value is -3.76. The number of aryl methyl sites for hydroxylation is 1. The van der Waals surface area contributed by atoms with Gasteiger partial charge in [-0.3, -0.25) is 20.6 Å². The van der Waals surface area contributed by atoms with Crippen LogP contribution >= 0.6 is 0 Å². The van der Waals surface area contributed by atoms with Crippen LogP contribution in [0, 0.1) is 6.92 Å². The first-order valence-electron chi connectivity index (χ1n) is 7.92. The average Bonchev–Trinajstić information content (AvgIpc) is 3.13. The van der Waals surface area contributed by atoms with Crippen LogP contribution in [0.25, 0.3) is 17.6 Å². The number of aromatic nitrogens is 5. The van der Waals surface area contributed by atoms with E-state index >= 15 is 0 Å². The lowest BCUT2D eigenvalue weighted by atomic mass is 10.1. The van der Waals surface area contributed by atoms with Crippen molar-refractivity contribution in [3.63, 3.8) is 0 Å². The van der Waals surface area contributed by atoms with Crippen molar-refractivity contribution in [3.8, 4) is 11.4 Å². The minimum atomic E-state index is -4.46. The number of halogens is 3. The lowest BCUT2D eigenvalue weighted by Crippen LogP contribution is -2.28. The van der Waals surface area contributed by atoms with Gasteiger partial charge in [-0.15, -0.1) is 5.10 Å². The van der Waals surface area contributed by atoms with E-state index < -0.39 is 17.6 Å². The summed E-state index contributed by atoms with van der Waals surface area (Å²) in [6.45, 7) is 1.56. The molecule has 0 spiro atoms. The molecule has 8 nitrogen and oxygen atoms in total. The predicted molar refractivity (Wildman–Crippen MR) is 94.3 cm³/mol. The van der Waals surface area contributed by atoms with Gasteiger partial charge in [-0.2, -0.15) is 13.2 Å². The zero-order valence-electron chi connectivity index (χ0n) is 14.5. The van der Waals surface area contributed by atoms with Gasteiger partial charge in [0.05, 0.1) is 11.8 Å². The van der Waals surface area contributed by atoms with Crippen molar-refractivity contribution in [3.05, 3.63) is 60.3 Å². The summed E-state index contributed by atoms with van der Waals surface area (Å²) >= 11 is 0. The van der Waals surface area contributed by atoms with Crippen molar-refractivity contribution < 1.29 is 18.0 Å². The number of carbonyl (C=O) groups excluding carboxylic acids is 1. The fraction of sp³-hybridized carbons (Fsp3) is 0.118. The van der Waals surface area contributed by atoms with Crippen LogP contribution in [-0.4, -0.2) is 30.6 Å². The summed E-state index contributed by atoms with van der Waals surface area (Å²) in [4.78, 5) is 23.5. The summed E-state index contributed by atoms with van der Waals surface area (Å²) in [5.74, 6) is -0.0400. The molecule has 11 heteroatoms. The van der Waals surface area contributed by atoms with Gasteiger partial charge in [0.1, 0.15) is 6.33 Å². The second-order valence-corrected chi connectivity index (χ2v) is 5.65. The molecule has 0 aliphatic heterocycles. The van der Waals surface area contributed by atoms with E-state index in [-0.39, 0.29) is 11.4 Å². The minimum absolute atomic E-state index is 0.108. The van der Waals surface area contributed by atoms with Gasteiger partial charge in [0, 0.05) is 30.2 Å². The van der Waals surface area contributed by atoms with Crippen LogP contribution in [0.1, 0.15) is 11.1 Å². The Labute approximate surface area is 157 Å². The molecule has 2 heterocycles. The normalized spacial score (nSPS) is 11.6. The zero-order valence-corrected chi connectivity index (χ0v) is 14.5. The van der Waals surface area contributed by atoms with E-state index in [1.165, 1.54) is 41.9 Å². The second-order valence-electron chi connectivity index (χ2n) is 5.65. The quantitative estimate of drug-likeness (QED) is 0.514. The molecule has 0 aliphatic carbocycles. The Morgan fingerprint density at radius 3 is 2.71 bits per heavy atom. The molecule has 2 aromatic heterocycles. The number of nitrogens with one attached hydrogen (secondary N) is 2. The second kappa shape index (κ2) is 7.86. The third-order valence-electron chi connectivity index (χ3n) is 3.43. The number of amides is 1. The summed E-state index contributed by atoms with van der Waals surface area (Å²) < 4.78 is 40.1. The number of anilines is 1. The van der Waals surface area contributed by atoms with Crippen molar-refractivity contribution in [1.82, 2.24) is 30.2 Å². The standard InChI is InChI=1S/C17H14F3N7O/c1-11-6-12(8-13(7-11)17(18,19)20)16-23-10-27(26-16)5-2-15(28)25-24-14-9-21-3-4-22-14/h2-10H,1H3,(H,22,24)(H,25,28)/b5-2-. The van der Waals surface area contributed by atoms with Crippen LogP contribution in [-0.2, 0) is 11.0 Å².